The van der Waals surface area contributed by atoms with Crippen molar-refractivity contribution in [2.24, 2.45) is 0 Å². The zero-order valence-corrected chi connectivity index (χ0v) is 10.1. The molecular weight excluding hydrogens is 216 g/mol. The van der Waals surface area contributed by atoms with E-state index in [2.05, 4.69) is 10.3 Å². The zero-order valence-electron chi connectivity index (χ0n) is 10.1. The second-order valence-corrected chi connectivity index (χ2v) is 4.41. The van der Waals surface area contributed by atoms with E-state index in [0.29, 0.717) is 6.54 Å². The van der Waals surface area contributed by atoms with Gasteiger partial charge in [0.05, 0.1) is 0 Å². The van der Waals surface area contributed by atoms with Crippen LogP contribution in [0.5, 0.6) is 0 Å². The summed E-state index contributed by atoms with van der Waals surface area (Å²) in [5, 5.41) is 2.67. The van der Waals surface area contributed by atoms with Gasteiger partial charge in [0.15, 0.2) is 5.43 Å². The molecule has 0 radical (unpaired) electrons. The van der Waals surface area contributed by atoms with Crippen LogP contribution in [0.1, 0.15) is 47.8 Å². The van der Waals surface area contributed by atoms with Crippen LogP contribution in [0.2, 0.25) is 0 Å². The lowest BCUT2D eigenvalue weighted by Gasteiger charge is -2.07. The monoisotopic (exact) mass is 234 g/mol. The number of fused-ring (bicyclic) bond motifs is 1. The Labute approximate surface area is 100 Å². The first-order chi connectivity index (χ1) is 8.24. The van der Waals surface area contributed by atoms with Gasteiger partial charge in [-0.1, -0.05) is 6.42 Å². The minimum absolute atomic E-state index is 0.0911. The third-order valence-corrected chi connectivity index (χ3v) is 3.21. The highest BCUT2D eigenvalue weighted by Gasteiger charge is 2.17. The zero-order chi connectivity index (χ0) is 12.3. The molecule has 2 rings (SSSR count). The molecule has 1 aromatic rings. The van der Waals surface area contributed by atoms with Gasteiger partial charge < -0.3 is 10.3 Å². The molecule has 0 aliphatic heterocycles. The van der Waals surface area contributed by atoms with Crippen molar-refractivity contribution in [1.29, 1.82) is 0 Å². The van der Waals surface area contributed by atoms with E-state index in [1.165, 1.54) is 0 Å². The number of rotatable bonds is 2. The lowest BCUT2D eigenvalue weighted by atomic mass is 10.1. The summed E-state index contributed by atoms with van der Waals surface area (Å²) in [5.74, 6) is -0.277. The van der Waals surface area contributed by atoms with Crippen molar-refractivity contribution in [3.05, 3.63) is 33.2 Å². The highest BCUT2D eigenvalue weighted by molar-refractivity contribution is 5.93. The van der Waals surface area contributed by atoms with Gasteiger partial charge in [-0.2, -0.15) is 0 Å². The molecule has 0 atom stereocenters. The van der Waals surface area contributed by atoms with Crippen molar-refractivity contribution in [3.63, 3.8) is 0 Å². The summed E-state index contributed by atoms with van der Waals surface area (Å²) in [6, 6.07) is 0. The van der Waals surface area contributed by atoms with Gasteiger partial charge in [0.25, 0.3) is 5.91 Å². The normalized spacial score (nSPS) is 14.9. The first-order valence-corrected chi connectivity index (χ1v) is 6.25. The van der Waals surface area contributed by atoms with Crippen LogP contribution >= 0.6 is 0 Å². The van der Waals surface area contributed by atoms with Crippen LogP contribution in [0.25, 0.3) is 0 Å². The molecule has 0 unspecified atom stereocenters. The number of carbonyl (C=O) groups is 1. The maximum Gasteiger partial charge on any atom is 0.256 e. The quantitative estimate of drug-likeness (QED) is 0.760. The van der Waals surface area contributed by atoms with E-state index in [1.54, 1.807) is 6.20 Å². The number of H-pyrrole nitrogens is 1. The third kappa shape index (κ3) is 2.40. The number of amides is 1. The Morgan fingerprint density at radius 1 is 1.35 bits per heavy atom. The van der Waals surface area contributed by atoms with E-state index >= 15 is 0 Å². The van der Waals surface area contributed by atoms with Crippen LogP contribution in [0.15, 0.2) is 11.0 Å². The van der Waals surface area contributed by atoms with Crippen molar-refractivity contribution >= 4 is 5.91 Å². The molecule has 1 aliphatic rings. The first-order valence-electron chi connectivity index (χ1n) is 6.25. The standard InChI is InChI=1S/C13H18N2O2/c1-2-14-13(17)10-8-15-11-7-5-3-4-6-9(11)12(10)16/h8H,2-7H2,1H3,(H,14,17)(H,15,16). The second-order valence-electron chi connectivity index (χ2n) is 4.41. The number of nitrogens with one attached hydrogen (secondary N) is 2. The molecule has 4 heteroatoms. The van der Waals surface area contributed by atoms with Crippen LogP contribution < -0.4 is 10.7 Å². The molecule has 0 spiro atoms. The molecule has 1 aliphatic carbocycles. The van der Waals surface area contributed by atoms with Gasteiger partial charge in [0.1, 0.15) is 5.56 Å². The Hall–Kier alpha value is -1.58. The van der Waals surface area contributed by atoms with Crippen molar-refractivity contribution < 1.29 is 4.79 Å². The molecule has 4 nitrogen and oxygen atoms in total. The van der Waals surface area contributed by atoms with Crippen molar-refractivity contribution in [1.82, 2.24) is 10.3 Å². The van der Waals surface area contributed by atoms with Crippen molar-refractivity contribution in [3.8, 4) is 0 Å². The van der Waals surface area contributed by atoms with Gasteiger partial charge in [0.2, 0.25) is 0 Å². The van der Waals surface area contributed by atoms with E-state index in [-0.39, 0.29) is 16.9 Å². The average molecular weight is 234 g/mol. The largest absolute Gasteiger partial charge is 0.364 e. The van der Waals surface area contributed by atoms with Gasteiger partial charge in [-0.15, -0.1) is 0 Å². The molecule has 17 heavy (non-hydrogen) atoms. The minimum atomic E-state index is -0.277. The lowest BCUT2D eigenvalue weighted by Crippen LogP contribution is -2.30. The van der Waals surface area contributed by atoms with Crippen LogP contribution in [0.4, 0.5) is 0 Å². The van der Waals surface area contributed by atoms with Crippen molar-refractivity contribution in [2.45, 2.75) is 39.0 Å². The van der Waals surface area contributed by atoms with Crippen LogP contribution in [0, 0.1) is 0 Å². The number of aryl methyl sites for hydroxylation is 1. The molecule has 0 saturated heterocycles. The number of carbonyl (C=O) groups excluding carboxylic acids is 1. The second kappa shape index (κ2) is 5.17. The molecular formula is C13H18N2O2. The Balaban J connectivity index is 2.41. The van der Waals surface area contributed by atoms with Gasteiger partial charge in [-0.3, -0.25) is 9.59 Å². The van der Waals surface area contributed by atoms with Gasteiger partial charge in [-0.25, -0.2) is 0 Å². The maximum absolute atomic E-state index is 12.2. The molecule has 0 aromatic carbocycles. The number of pyridine rings is 1. The fraction of sp³-hybridized carbons (Fsp3) is 0.538. The van der Waals surface area contributed by atoms with E-state index < -0.39 is 0 Å². The third-order valence-electron chi connectivity index (χ3n) is 3.21. The summed E-state index contributed by atoms with van der Waals surface area (Å²) in [7, 11) is 0. The van der Waals surface area contributed by atoms with E-state index in [1.807, 2.05) is 6.92 Å². The predicted octanol–water partition coefficient (Wildman–Crippen LogP) is 1.39. The average Bonchev–Trinajstić information content (AvgIpc) is 2.55. The maximum atomic E-state index is 12.2. The molecule has 92 valence electrons. The Morgan fingerprint density at radius 3 is 2.88 bits per heavy atom. The predicted molar refractivity (Wildman–Crippen MR) is 66.3 cm³/mol. The minimum Gasteiger partial charge on any atom is -0.364 e. The summed E-state index contributed by atoms with van der Waals surface area (Å²) in [6.07, 6.45) is 6.56. The topological polar surface area (TPSA) is 62.0 Å². The molecule has 0 saturated carbocycles. The molecule has 0 bridgehead atoms. The summed E-state index contributed by atoms with van der Waals surface area (Å²) < 4.78 is 0. The molecule has 1 amide bonds. The first kappa shape index (κ1) is 11.9. The molecule has 0 fully saturated rings. The lowest BCUT2D eigenvalue weighted by molar-refractivity contribution is 0.0954. The molecule has 1 aromatic heterocycles. The van der Waals surface area contributed by atoms with E-state index in [0.717, 1.165) is 43.4 Å². The number of hydrogen-bond donors (Lipinski definition) is 2. The SMILES string of the molecule is CCNC(=O)c1c[nH]c2c(c1=O)CCCCC2. The Bertz CT molecular complexity index is 477. The van der Waals surface area contributed by atoms with Gasteiger partial charge in [-0.05, 0) is 32.6 Å². The van der Waals surface area contributed by atoms with Crippen LogP contribution in [-0.2, 0) is 12.8 Å². The highest BCUT2D eigenvalue weighted by Crippen LogP contribution is 2.16. The Kier molecular flexibility index (Phi) is 3.61. The van der Waals surface area contributed by atoms with E-state index in [9.17, 15) is 9.59 Å². The number of aromatic nitrogens is 1. The summed E-state index contributed by atoms with van der Waals surface area (Å²) >= 11 is 0. The fourth-order valence-electron chi connectivity index (χ4n) is 2.30. The summed E-state index contributed by atoms with van der Waals surface area (Å²) in [4.78, 5) is 27.0. The van der Waals surface area contributed by atoms with Gasteiger partial charge >= 0.3 is 0 Å². The molecule has 2 N–H and O–H groups in total. The summed E-state index contributed by atoms with van der Waals surface area (Å²) in [5.41, 5.74) is 1.98. The van der Waals surface area contributed by atoms with Crippen molar-refractivity contribution in [2.75, 3.05) is 6.54 Å². The fourth-order valence-corrected chi connectivity index (χ4v) is 2.30. The Morgan fingerprint density at radius 2 is 2.12 bits per heavy atom. The van der Waals surface area contributed by atoms with Crippen LogP contribution in [0.3, 0.4) is 0 Å². The highest BCUT2D eigenvalue weighted by atomic mass is 16.2. The molecule has 1 heterocycles. The van der Waals surface area contributed by atoms with E-state index in [4.69, 9.17) is 0 Å². The smallest absolute Gasteiger partial charge is 0.256 e. The number of aromatic amines is 1. The van der Waals surface area contributed by atoms with Crippen LogP contribution in [-0.4, -0.2) is 17.4 Å². The van der Waals surface area contributed by atoms with Gasteiger partial charge in [0, 0.05) is 24.0 Å². The summed E-state index contributed by atoms with van der Waals surface area (Å²) in [6.45, 7) is 2.38. The number of hydrogen-bond acceptors (Lipinski definition) is 2.